The minimum Gasteiger partial charge on any atom is -0.477 e. The number of rotatable bonds is 4. The molecule has 112 valence electrons. The third kappa shape index (κ3) is 2.73. The van der Waals surface area contributed by atoms with E-state index in [4.69, 9.17) is 9.52 Å². The van der Waals surface area contributed by atoms with Gasteiger partial charge in [-0.1, -0.05) is 6.07 Å². The predicted molar refractivity (Wildman–Crippen MR) is 85.9 cm³/mol. The number of hydrogen-bond donors (Lipinski definition) is 1. The van der Waals surface area contributed by atoms with Crippen molar-refractivity contribution in [2.24, 2.45) is 0 Å². The summed E-state index contributed by atoms with van der Waals surface area (Å²) in [6.45, 7) is 0.751. The minimum absolute atomic E-state index is 0.354. The third-order valence-corrected chi connectivity index (χ3v) is 4.22. The number of carbonyl (C=O) groups is 1. The lowest BCUT2D eigenvalue weighted by atomic mass is 10.1. The first-order valence-corrected chi connectivity index (χ1v) is 7.47. The monoisotopic (exact) mass is 315 g/mol. The number of carboxylic acids is 1. The molecule has 1 aromatic carbocycles. The lowest BCUT2D eigenvalue weighted by Gasteiger charge is -2.18. The summed E-state index contributed by atoms with van der Waals surface area (Å²) in [6, 6.07) is 10.8. The number of fused-ring (bicyclic) bond motifs is 1. The van der Waals surface area contributed by atoms with Gasteiger partial charge in [-0.2, -0.15) is 0 Å². The number of hydrogen-bond acceptors (Lipinski definition) is 5. The molecule has 0 aliphatic heterocycles. The number of aromatic carboxylic acids is 1. The van der Waals surface area contributed by atoms with Crippen LogP contribution in [0.3, 0.4) is 0 Å². The lowest BCUT2D eigenvalue weighted by molar-refractivity contribution is 0.0692. The van der Waals surface area contributed by atoms with E-state index >= 15 is 0 Å². The molecule has 6 heteroatoms. The van der Waals surface area contributed by atoms with Crippen LogP contribution >= 0.6 is 11.3 Å². The topological polar surface area (TPSA) is 70.8 Å². The fourth-order valence-corrected chi connectivity index (χ4v) is 2.97. The fraction of sp³-hybridized carbons (Fsp3) is 0.125. The second-order valence-corrected chi connectivity index (χ2v) is 5.94. The van der Waals surface area contributed by atoms with Crippen molar-refractivity contribution in [3.8, 4) is 0 Å². The number of anilines is 1. The number of nitrogens with zero attached hydrogens (tertiary/aromatic N) is 1. The van der Waals surface area contributed by atoms with Crippen LogP contribution in [0, 0.1) is 0 Å². The molecule has 0 saturated carbocycles. The summed E-state index contributed by atoms with van der Waals surface area (Å²) in [5.74, 6) is -1.28. The largest absolute Gasteiger partial charge is 0.477 e. The van der Waals surface area contributed by atoms with E-state index < -0.39 is 11.6 Å². The van der Waals surface area contributed by atoms with Crippen molar-refractivity contribution in [3.05, 3.63) is 62.6 Å². The van der Waals surface area contributed by atoms with E-state index in [2.05, 4.69) is 6.07 Å². The normalized spacial score (nSPS) is 10.8. The average molecular weight is 315 g/mol. The van der Waals surface area contributed by atoms with Crippen molar-refractivity contribution in [2.45, 2.75) is 6.54 Å². The van der Waals surface area contributed by atoms with Gasteiger partial charge in [0.15, 0.2) is 0 Å². The van der Waals surface area contributed by atoms with Gasteiger partial charge in [-0.3, -0.25) is 0 Å². The first-order chi connectivity index (χ1) is 10.5. The van der Waals surface area contributed by atoms with Crippen molar-refractivity contribution in [1.29, 1.82) is 0 Å². The molecule has 2 aromatic heterocycles. The van der Waals surface area contributed by atoms with Gasteiger partial charge in [-0.05, 0) is 29.6 Å². The van der Waals surface area contributed by atoms with Crippen LogP contribution in [-0.4, -0.2) is 18.1 Å². The number of benzene rings is 1. The van der Waals surface area contributed by atoms with E-state index in [9.17, 15) is 9.59 Å². The smallest absolute Gasteiger partial charge is 0.351 e. The molecule has 0 unspecified atom stereocenters. The Labute approximate surface area is 130 Å². The molecule has 0 radical (unpaired) electrons. The Morgan fingerprint density at radius 3 is 2.82 bits per heavy atom. The van der Waals surface area contributed by atoms with E-state index in [0.29, 0.717) is 11.0 Å². The van der Waals surface area contributed by atoms with Gasteiger partial charge in [0.2, 0.25) is 0 Å². The van der Waals surface area contributed by atoms with E-state index in [0.717, 1.165) is 12.2 Å². The Kier molecular flexibility index (Phi) is 3.68. The molecule has 0 saturated heterocycles. The van der Waals surface area contributed by atoms with Gasteiger partial charge in [0.1, 0.15) is 11.1 Å². The average Bonchev–Trinajstić information content (AvgIpc) is 2.98. The molecule has 3 aromatic rings. The Morgan fingerprint density at radius 2 is 2.14 bits per heavy atom. The molecule has 0 spiro atoms. The molecule has 0 fully saturated rings. The van der Waals surface area contributed by atoms with Gasteiger partial charge in [0.05, 0.1) is 6.54 Å². The maximum Gasteiger partial charge on any atom is 0.351 e. The highest BCUT2D eigenvalue weighted by molar-refractivity contribution is 7.09. The molecular formula is C16H13NO4S. The zero-order valence-corrected chi connectivity index (χ0v) is 12.6. The molecule has 2 heterocycles. The van der Waals surface area contributed by atoms with Crippen LogP contribution in [0.25, 0.3) is 11.0 Å². The standard InChI is InChI=1S/C16H13NO4S/c1-17(9-12-3-2-6-22-12)11-5-4-10-7-13(15(18)19)16(20)21-14(10)8-11/h2-8H,9H2,1H3,(H,18,19). The van der Waals surface area contributed by atoms with Crippen LogP contribution in [0.1, 0.15) is 15.2 Å². The fourth-order valence-electron chi connectivity index (χ4n) is 2.21. The highest BCUT2D eigenvalue weighted by atomic mass is 32.1. The summed E-state index contributed by atoms with van der Waals surface area (Å²) in [4.78, 5) is 25.9. The van der Waals surface area contributed by atoms with Crippen molar-refractivity contribution in [3.63, 3.8) is 0 Å². The molecule has 22 heavy (non-hydrogen) atoms. The van der Waals surface area contributed by atoms with Gasteiger partial charge in [0.25, 0.3) is 0 Å². The first kappa shape index (κ1) is 14.3. The predicted octanol–water partition coefficient (Wildman–Crippen LogP) is 3.19. The SMILES string of the molecule is CN(Cc1cccs1)c1ccc2cc(C(=O)O)c(=O)oc2c1. The highest BCUT2D eigenvalue weighted by Crippen LogP contribution is 2.23. The molecule has 5 nitrogen and oxygen atoms in total. The van der Waals surface area contributed by atoms with E-state index in [1.807, 2.05) is 29.5 Å². The summed E-state index contributed by atoms with van der Waals surface area (Å²) in [5.41, 5.74) is 0.0860. The summed E-state index contributed by atoms with van der Waals surface area (Å²) in [7, 11) is 1.95. The second kappa shape index (κ2) is 5.65. The Bertz CT molecular complexity index is 883. The summed E-state index contributed by atoms with van der Waals surface area (Å²) in [6.07, 6.45) is 0. The number of carboxylic acid groups (broad SMARTS) is 1. The zero-order valence-electron chi connectivity index (χ0n) is 11.8. The Hall–Kier alpha value is -2.60. The Balaban J connectivity index is 1.97. The van der Waals surface area contributed by atoms with E-state index in [-0.39, 0.29) is 5.56 Å². The van der Waals surface area contributed by atoms with Crippen molar-refractivity contribution in [1.82, 2.24) is 0 Å². The molecule has 0 aliphatic carbocycles. The van der Waals surface area contributed by atoms with Crippen molar-refractivity contribution < 1.29 is 14.3 Å². The highest BCUT2D eigenvalue weighted by Gasteiger charge is 2.13. The van der Waals surface area contributed by atoms with Crippen molar-refractivity contribution >= 4 is 34.0 Å². The molecule has 0 bridgehead atoms. The minimum atomic E-state index is -1.28. The molecule has 0 amide bonds. The van der Waals surface area contributed by atoms with Crippen LogP contribution in [0.15, 0.2) is 51.0 Å². The Morgan fingerprint density at radius 1 is 1.32 bits per heavy atom. The van der Waals surface area contributed by atoms with Gasteiger partial charge < -0.3 is 14.4 Å². The van der Waals surface area contributed by atoms with Gasteiger partial charge in [0, 0.05) is 29.1 Å². The second-order valence-electron chi connectivity index (χ2n) is 4.91. The third-order valence-electron chi connectivity index (χ3n) is 3.36. The van der Waals surface area contributed by atoms with Crippen LogP contribution in [0.4, 0.5) is 5.69 Å². The van der Waals surface area contributed by atoms with Gasteiger partial charge >= 0.3 is 11.6 Å². The lowest BCUT2D eigenvalue weighted by Crippen LogP contribution is -2.16. The summed E-state index contributed by atoms with van der Waals surface area (Å²) >= 11 is 1.68. The summed E-state index contributed by atoms with van der Waals surface area (Å²) < 4.78 is 5.12. The van der Waals surface area contributed by atoms with Gasteiger partial charge in [-0.15, -0.1) is 11.3 Å². The maximum atomic E-state index is 11.7. The molecule has 3 rings (SSSR count). The first-order valence-electron chi connectivity index (χ1n) is 6.59. The molecule has 1 N–H and O–H groups in total. The quantitative estimate of drug-likeness (QED) is 0.749. The molecular weight excluding hydrogens is 302 g/mol. The van der Waals surface area contributed by atoms with E-state index in [1.165, 1.54) is 10.9 Å². The van der Waals surface area contributed by atoms with Crippen LogP contribution in [0.5, 0.6) is 0 Å². The van der Waals surface area contributed by atoms with Crippen LogP contribution in [0.2, 0.25) is 0 Å². The number of thiophene rings is 1. The van der Waals surface area contributed by atoms with Crippen molar-refractivity contribution in [2.75, 3.05) is 11.9 Å². The van der Waals surface area contributed by atoms with Crippen LogP contribution < -0.4 is 10.5 Å². The molecule has 0 aliphatic rings. The maximum absolute atomic E-state index is 11.7. The zero-order chi connectivity index (χ0) is 15.7. The summed E-state index contributed by atoms with van der Waals surface area (Å²) in [5, 5.41) is 11.6. The van der Waals surface area contributed by atoms with Gasteiger partial charge in [-0.25, -0.2) is 9.59 Å². The van der Waals surface area contributed by atoms with E-state index in [1.54, 1.807) is 23.5 Å². The molecule has 0 atom stereocenters. The van der Waals surface area contributed by atoms with Crippen LogP contribution in [-0.2, 0) is 6.54 Å².